The zero-order valence-electron chi connectivity index (χ0n) is 12.3. The fourth-order valence-electron chi connectivity index (χ4n) is 2.04. The number of benzene rings is 1. The van der Waals surface area contributed by atoms with Crippen molar-refractivity contribution < 1.29 is 4.74 Å². The second kappa shape index (κ2) is 5.37. The predicted octanol–water partition coefficient (Wildman–Crippen LogP) is 4.42. The number of fused-ring (bicyclic) bond motifs is 1. The van der Waals surface area contributed by atoms with Crippen LogP contribution in [0.3, 0.4) is 0 Å². The van der Waals surface area contributed by atoms with Crippen molar-refractivity contribution in [3.63, 3.8) is 0 Å². The lowest BCUT2D eigenvalue weighted by Crippen LogP contribution is -2.13. The van der Waals surface area contributed by atoms with Crippen LogP contribution >= 0.6 is 11.3 Å². The van der Waals surface area contributed by atoms with E-state index in [1.807, 2.05) is 6.92 Å². The quantitative estimate of drug-likeness (QED) is 0.898. The lowest BCUT2D eigenvalue weighted by molar-refractivity contribution is 0.330. The average molecular weight is 278 g/mol. The van der Waals surface area contributed by atoms with Crippen LogP contribution in [0, 0.1) is 0 Å². The maximum absolute atomic E-state index is 5.80. The Morgan fingerprint density at radius 2 is 2.00 bits per heavy atom. The van der Waals surface area contributed by atoms with Gasteiger partial charge in [-0.15, -0.1) is 0 Å². The molecule has 1 aromatic carbocycles. The Balaban J connectivity index is 2.56. The molecular formula is C15H22N2OS. The van der Waals surface area contributed by atoms with Crippen LogP contribution in [-0.2, 0) is 5.41 Å². The highest BCUT2D eigenvalue weighted by molar-refractivity contribution is 7.22. The number of hydrogen-bond donors (Lipinski definition) is 1. The Morgan fingerprint density at radius 1 is 1.26 bits per heavy atom. The summed E-state index contributed by atoms with van der Waals surface area (Å²) >= 11 is 1.68. The first-order valence-corrected chi connectivity index (χ1v) is 7.59. The molecule has 1 aromatic heterocycles. The minimum Gasteiger partial charge on any atom is -0.494 e. The van der Waals surface area contributed by atoms with Gasteiger partial charge in [-0.3, -0.25) is 0 Å². The maximum atomic E-state index is 5.80. The van der Waals surface area contributed by atoms with Gasteiger partial charge in [0.25, 0.3) is 0 Å². The molecule has 0 spiro atoms. The van der Waals surface area contributed by atoms with E-state index in [0.717, 1.165) is 22.9 Å². The predicted molar refractivity (Wildman–Crippen MR) is 83.7 cm³/mol. The summed E-state index contributed by atoms with van der Waals surface area (Å²) < 4.78 is 6.97. The third-order valence-electron chi connectivity index (χ3n) is 2.93. The van der Waals surface area contributed by atoms with Crippen molar-refractivity contribution in [2.24, 2.45) is 0 Å². The zero-order valence-corrected chi connectivity index (χ0v) is 13.1. The summed E-state index contributed by atoms with van der Waals surface area (Å²) in [5, 5.41) is 4.25. The van der Waals surface area contributed by atoms with E-state index < -0.39 is 0 Å². The molecule has 0 saturated heterocycles. The molecule has 1 heterocycles. The van der Waals surface area contributed by atoms with Gasteiger partial charge in [-0.1, -0.05) is 32.1 Å². The van der Waals surface area contributed by atoms with Gasteiger partial charge in [0.1, 0.15) is 5.75 Å². The third-order valence-corrected chi connectivity index (χ3v) is 3.90. The number of hydrogen-bond acceptors (Lipinski definition) is 4. The maximum Gasteiger partial charge on any atom is 0.183 e. The standard InChI is InChI=1S/C15H22N2OS/c1-6-16-14-17-11-8-10(15(3,4)5)12(18-7-2)9-13(11)19-14/h8-9H,6-7H2,1-5H3,(H,16,17). The molecule has 0 unspecified atom stereocenters. The molecule has 0 radical (unpaired) electrons. The molecule has 4 heteroatoms. The van der Waals surface area contributed by atoms with Gasteiger partial charge in [-0.2, -0.15) is 0 Å². The molecule has 0 fully saturated rings. The summed E-state index contributed by atoms with van der Waals surface area (Å²) in [6.45, 7) is 12.3. The minimum atomic E-state index is 0.0562. The number of thiazole rings is 1. The van der Waals surface area contributed by atoms with E-state index in [-0.39, 0.29) is 5.41 Å². The van der Waals surface area contributed by atoms with Crippen LogP contribution in [0.25, 0.3) is 10.2 Å². The van der Waals surface area contributed by atoms with Gasteiger partial charge in [0, 0.05) is 12.1 Å². The smallest absolute Gasteiger partial charge is 0.183 e. The van der Waals surface area contributed by atoms with Crippen molar-refractivity contribution in [1.82, 2.24) is 4.98 Å². The molecule has 2 rings (SSSR count). The molecule has 0 aliphatic heterocycles. The Morgan fingerprint density at radius 3 is 2.58 bits per heavy atom. The first kappa shape index (κ1) is 14.1. The van der Waals surface area contributed by atoms with Crippen LogP contribution in [0.4, 0.5) is 5.13 Å². The lowest BCUT2D eigenvalue weighted by atomic mass is 9.86. The SMILES string of the molecule is CCNc1nc2cc(C(C)(C)C)c(OCC)cc2s1. The Hall–Kier alpha value is -1.29. The molecule has 3 nitrogen and oxygen atoms in total. The molecule has 19 heavy (non-hydrogen) atoms. The van der Waals surface area contributed by atoms with Crippen LogP contribution in [0.15, 0.2) is 12.1 Å². The summed E-state index contributed by atoms with van der Waals surface area (Å²) in [5.41, 5.74) is 2.32. The van der Waals surface area contributed by atoms with E-state index in [9.17, 15) is 0 Å². The van der Waals surface area contributed by atoms with Gasteiger partial charge in [0.05, 0.1) is 16.8 Å². The van der Waals surface area contributed by atoms with Crippen LogP contribution < -0.4 is 10.1 Å². The highest BCUT2D eigenvalue weighted by Gasteiger charge is 2.21. The fraction of sp³-hybridized carbons (Fsp3) is 0.533. The highest BCUT2D eigenvalue weighted by atomic mass is 32.1. The van der Waals surface area contributed by atoms with Gasteiger partial charge < -0.3 is 10.1 Å². The number of aromatic nitrogens is 1. The molecule has 1 N–H and O–H groups in total. The normalized spacial score (nSPS) is 11.8. The molecule has 0 atom stereocenters. The Bertz CT molecular complexity index is 569. The molecular weight excluding hydrogens is 256 g/mol. The fourth-order valence-corrected chi connectivity index (χ4v) is 2.99. The van der Waals surface area contributed by atoms with E-state index in [1.165, 1.54) is 10.3 Å². The highest BCUT2D eigenvalue weighted by Crippen LogP contribution is 2.37. The van der Waals surface area contributed by atoms with E-state index >= 15 is 0 Å². The molecule has 0 saturated carbocycles. The van der Waals surface area contributed by atoms with Gasteiger partial charge in [-0.05, 0) is 31.4 Å². The van der Waals surface area contributed by atoms with Crippen LogP contribution in [0.2, 0.25) is 0 Å². The molecule has 0 aliphatic carbocycles. The Labute approximate surface area is 119 Å². The van der Waals surface area contributed by atoms with Crippen molar-refractivity contribution in [2.75, 3.05) is 18.5 Å². The molecule has 104 valence electrons. The second-order valence-corrected chi connectivity index (χ2v) is 6.58. The largest absolute Gasteiger partial charge is 0.494 e. The van der Waals surface area contributed by atoms with Crippen molar-refractivity contribution in [2.45, 2.75) is 40.0 Å². The van der Waals surface area contributed by atoms with Crippen molar-refractivity contribution in [3.05, 3.63) is 17.7 Å². The number of nitrogens with zero attached hydrogens (tertiary/aromatic N) is 1. The number of nitrogens with one attached hydrogen (secondary N) is 1. The molecule has 0 aliphatic rings. The van der Waals surface area contributed by atoms with Gasteiger partial charge >= 0.3 is 0 Å². The van der Waals surface area contributed by atoms with Crippen molar-refractivity contribution >= 4 is 26.7 Å². The van der Waals surface area contributed by atoms with E-state index in [0.29, 0.717) is 6.61 Å². The van der Waals surface area contributed by atoms with Crippen LogP contribution in [-0.4, -0.2) is 18.1 Å². The average Bonchev–Trinajstić information content (AvgIpc) is 2.69. The molecule has 0 amide bonds. The molecule has 2 aromatic rings. The summed E-state index contributed by atoms with van der Waals surface area (Å²) in [6, 6.07) is 4.29. The topological polar surface area (TPSA) is 34.2 Å². The number of rotatable bonds is 4. The lowest BCUT2D eigenvalue weighted by Gasteiger charge is -2.22. The van der Waals surface area contributed by atoms with Crippen LogP contribution in [0.1, 0.15) is 40.2 Å². The first-order valence-electron chi connectivity index (χ1n) is 6.77. The molecule has 0 bridgehead atoms. The van der Waals surface area contributed by atoms with E-state index in [4.69, 9.17) is 4.74 Å². The van der Waals surface area contributed by atoms with Gasteiger partial charge in [0.2, 0.25) is 0 Å². The van der Waals surface area contributed by atoms with Crippen molar-refractivity contribution in [1.29, 1.82) is 0 Å². The third kappa shape index (κ3) is 3.00. The van der Waals surface area contributed by atoms with E-state index in [2.05, 4.69) is 50.1 Å². The Kier molecular flexibility index (Phi) is 3.99. The summed E-state index contributed by atoms with van der Waals surface area (Å²) in [4.78, 5) is 4.63. The number of ether oxygens (including phenoxy) is 1. The summed E-state index contributed by atoms with van der Waals surface area (Å²) in [6.07, 6.45) is 0. The van der Waals surface area contributed by atoms with Gasteiger partial charge in [0.15, 0.2) is 5.13 Å². The number of anilines is 1. The monoisotopic (exact) mass is 278 g/mol. The second-order valence-electron chi connectivity index (χ2n) is 5.55. The first-order chi connectivity index (χ1) is 8.95. The summed E-state index contributed by atoms with van der Waals surface area (Å²) in [5.74, 6) is 0.981. The van der Waals surface area contributed by atoms with Gasteiger partial charge in [-0.25, -0.2) is 4.98 Å². The minimum absolute atomic E-state index is 0.0562. The van der Waals surface area contributed by atoms with Crippen molar-refractivity contribution in [3.8, 4) is 5.75 Å². The zero-order chi connectivity index (χ0) is 14.0. The van der Waals surface area contributed by atoms with E-state index in [1.54, 1.807) is 11.3 Å². The van der Waals surface area contributed by atoms with Crippen LogP contribution in [0.5, 0.6) is 5.75 Å². The summed E-state index contributed by atoms with van der Waals surface area (Å²) in [7, 11) is 0.